The van der Waals surface area contributed by atoms with Crippen LogP contribution in [0.5, 0.6) is 0 Å². The monoisotopic (exact) mass is 350 g/mol. The number of hydrogen-bond donors (Lipinski definition) is 1. The van der Waals surface area contributed by atoms with Gasteiger partial charge in [-0.05, 0) is 43.2 Å². The van der Waals surface area contributed by atoms with Crippen LogP contribution in [-0.4, -0.2) is 35.7 Å². The van der Waals surface area contributed by atoms with Crippen LogP contribution < -0.4 is 10.2 Å². The van der Waals surface area contributed by atoms with Crippen molar-refractivity contribution in [1.29, 1.82) is 0 Å². The molecule has 1 aliphatic rings. The maximum atomic E-state index is 12.3. The summed E-state index contributed by atoms with van der Waals surface area (Å²) in [5.41, 5.74) is 2.05. The van der Waals surface area contributed by atoms with E-state index in [0.29, 0.717) is 6.42 Å². The summed E-state index contributed by atoms with van der Waals surface area (Å²) in [5.74, 6) is -0.332. The molecule has 0 radical (unpaired) electrons. The summed E-state index contributed by atoms with van der Waals surface area (Å²) in [6, 6.07) is 17.3. The van der Waals surface area contributed by atoms with Crippen molar-refractivity contribution in [2.24, 2.45) is 5.10 Å². The Hall–Kier alpha value is -3.15. The summed E-state index contributed by atoms with van der Waals surface area (Å²) >= 11 is 0. The first-order valence-corrected chi connectivity index (χ1v) is 8.54. The van der Waals surface area contributed by atoms with Gasteiger partial charge in [0.25, 0.3) is 5.91 Å². The molecule has 0 aliphatic carbocycles. The molecule has 0 aromatic heterocycles. The molecular formula is C20H22N4O2. The van der Waals surface area contributed by atoms with Crippen LogP contribution in [0.2, 0.25) is 0 Å². The van der Waals surface area contributed by atoms with Crippen molar-refractivity contribution in [3.63, 3.8) is 0 Å². The Morgan fingerprint density at radius 3 is 2.27 bits per heavy atom. The first kappa shape index (κ1) is 17.7. The van der Waals surface area contributed by atoms with Gasteiger partial charge in [-0.15, -0.1) is 5.01 Å². The fourth-order valence-electron chi connectivity index (χ4n) is 2.72. The summed E-state index contributed by atoms with van der Waals surface area (Å²) in [7, 11) is 2.00. The highest BCUT2D eigenvalue weighted by molar-refractivity contribution is 6.07. The van der Waals surface area contributed by atoms with Crippen molar-refractivity contribution < 1.29 is 9.59 Å². The number of amides is 3. The van der Waals surface area contributed by atoms with Gasteiger partial charge in [-0.2, -0.15) is 5.10 Å². The van der Waals surface area contributed by atoms with Crippen LogP contribution in [0.3, 0.4) is 0 Å². The Balaban J connectivity index is 1.73. The Bertz CT molecular complexity index is 833. The summed E-state index contributed by atoms with van der Waals surface area (Å²) in [6.07, 6.45) is 2.04. The van der Waals surface area contributed by atoms with Crippen LogP contribution in [0.1, 0.15) is 25.8 Å². The number of carbonyl (C=O) groups excluding carboxylic acids is 2. The predicted molar refractivity (Wildman–Crippen MR) is 103 cm³/mol. The zero-order chi connectivity index (χ0) is 18.7. The van der Waals surface area contributed by atoms with Gasteiger partial charge in [-0.1, -0.05) is 37.3 Å². The summed E-state index contributed by atoms with van der Waals surface area (Å²) in [5, 5.41) is 7.64. The summed E-state index contributed by atoms with van der Waals surface area (Å²) < 4.78 is 0. The van der Waals surface area contributed by atoms with Crippen molar-refractivity contribution in [3.8, 4) is 0 Å². The van der Waals surface area contributed by atoms with Gasteiger partial charge in [0.05, 0.1) is 6.21 Å². The normalized spacial score (nSPS) is 19.9. The van der Waals surface area contributed by atoms with E-state index in [2.05, 4.69) is 15.3 Å². The molecule has 26 heavy (non-hydrogen) atoms. The first-order valence-electron chi connectivity index (χ1n) is 8.54. The summed E-state index contributed by atoms with van der Waals surface area (Å²) in [6.45, 7) is 3.56. The lowest BCUT2D eigenvalue weighted by atomic mass is 10.00. The molecular weight excluding hydrogens is 328 g/mol. The average Bonchev–Trinajstić information content (AvgIpc) is 2.89. The third-order valence-corrected chi connectivity index (χ3v) is 4.69. The third-order valence-electron chi connectivity index (χ3n) is 4.69. The number of hydrazone groups is 1. The Labute approximate surface area is 153 Å². The SMILES string of the molecule is CCC1(C)NC(=O)N(N=Cc2ccc(N(C)c3ccccc3)cc2)C1=O. The number of nitrogens with zero attached hydrogens (tertiary/aromatic N) is 3. The number of rotatable bonds is 5. The molecule has 1 unspecified atom stereocenters. The van der Waals surface area contributed by atoms with Crippen LogP contribution >= 0.6 is 0 Å². The first-order chi connectivity index (χ1) is 12.4. The fourth-order valence-corrected chi connectivity index (χ4v) is 2.72. The molecule has 1 heterocycles. The second kappa shape index (κ2) is 7.00. The van der Waals surface area contributed by atoms with Gasteiger partial charge < -0.3 is 10.2 Å². The van der Waals surface area contributed by atoms with E-state index in [9.17, 15) is 9.59 Å². The molecule has 1 atom stereocenters. The van der Waals surface area contributed by atoms with Crippen molar-refractivity contribution in [1.82, 2.24) is 10.3 Å². The zero-order valence-electron chi connectivity index (χ0n) is 15.1. The molecule has 0 spiro atoms. The molecule has 1 fully saturated rings. The van der Waals surface area contributed by atoms with Gasteiger partial charge in [0.2, 0.25) is 0 Å². The maximum absolute atomic E-state index is 12.3. The van der Waals surface area contributed by atoms with Crippen LogP contribution in [0, 0.1) is 0 Å². The van der Waals surface area contributed by atoms with Crippen LogP contribution in [0.25, 0.3) is 0 Å². The Morgan fingerprint density at radius 1 is 1.08 bits per heavy atom. The van der Waals surface area contributed by atoms with Crippen molar-refractivity contribution in [2.75, 3.05) is 11.9 Å². The minimum Gasteiger partial charge on any atom is -0.345 e. The lowest BCUT2D eigenvalue weighted by molar-refractivity contribution is -0.130. The Kier molecular flexibility index (Phi) is 4.75. The molecule has 2 aromatic rings. The lowest BCUT2D eigenvalue weighted by Gasteiger charge is -2.19. The molecule has 134 valence electrons. The fraction of sp³-hybridized carbons (Fsp3) is 0.250. The molecule has 1 N–H and O–H groups in total. The number of benzene rings is 2. The Morgan fingerprint density at radius 2 is 1.69 bits per heavy atom. The van der Waals surface area contributed by atoms with Gasteiger partial charge in [-0.3, -0.25) is 4.79 Å². The van der Waals surface area contributed by atoms with E-state index in [0.717, 1.165) is 21.9 Å². The number of anilines is 2. The molecule has 0 bridgehead atoms. The van der Waals surface area contributed by atoms with Gasteiger partial charge in [0.1, 0.15) is 5.54 Å². The largest absolute Gasteiger partial charge is 0.346 e. The number of nitrogens with one attached hydrogen (secondary N) is 1. The third kappa shape index (κ3) is 3.31. The van der Waals surface area contributed by atoms with Crippen LogP contribution in [-0.2, 0) is 4.79 Å². The van der Waals surface area contributed by atoms with E-state index in [1.807, 2.05) is 68.6 Å². The highest BCUT2D eigenvalue weighted by atomic mass is 16.2. The quantitative estimate of drug-likeness (QED) is 0.663. The topological polar surface area (TPSA) is 65.0 Å². The number of urea groups is 1. The smallest absolute Gasteiger partial charge is 0.345 e. The van der Waals surface area contributed by atoms with Gasteiger partial charge in [0, 0.05) is 18.4 Å². The number of imide groups is 1. The molecule has 1 saturated heterocycles. The second-order valence-electron chi connectivity index (χ2n) is 6.46. The highest BCUT2D eigenvalue weighted by Crippen LogP contribution is 2.23. The lowest BCUT2D eigenvalue weighted by Crippen LogP contribution is -2.42. The molecule has 6 nitrogen and oxygen atoms in total. The molecule has 3 rings (SSSR count). The van der Waals surface area contributed by atoms with Gasteiger partial charge in [-0.25, -0.2) is 4.79 Å². The minimum absolute atomic E-state index is 0.332. The minimum atomic E-state index is -0.878. The van der Waals surface area contributed by atoms with Gasteiger partial charge >= 0.3 is 6.03 Å². The van der Waals surface area contributed by atoms with Crippen LogP contribution in [0.4, 0.5) is 16.2 Å². The maximum Gasteiger partial charge on any atom is 0.346 e. The average molecular weight is 350 g/mol. The van der Waals surface area contributed by atoms with Crippen LogP contribution in [0.15, 0.2) is 59.7 Å². The molecule has 6 heteroatoms. The van der Waals surface area contributed by atoms with E-state index >= 15 is 0 Å². The molecule has 3 amide bonds. The van der Waals surface area contributed by atoms with Crippen molar-refractivity contribution in [3.05, 3.63) is 60.2 Å². The number of para-hydroxylation sites is 1. The molecule has 2 aromatic carbocycles. The van der Waals surface area contributed by atoms with Crippen molar-refractivity contribution >= 4 is 29.5 Å². The van der Waals surface area contributed by atoms with E-state index in [1.54, 1.807) is 6.92 Å². The van der Waals surface area contributed by atoms with E-state index in [-0.39, 0.29) is 5.91 Å². The standard InChI is InChI=1S/C20H22N4O2/c1-4-20(2)18(25)24(19(26)22-20)21-14-15-10-12-17(13-11-15)23(3)16-8-6-5-7-9-16/h5-14H,4H2,1-3H3,(H,22,26). The zero-order valence-corrected chi connectivity index (χ0v) is 15.1. The van der Waals surface area contributed by atoms with E-state index in [1.165, 1.54) is 6.21 Å². The number of hydrogen-bond acceptors (Lipinski definition) is 4. The number of carbonyl (C=O) groups is 2. The van der Waals surface area contributed by atoms with Gasteiger partial charge in [0.15, 0.2) is 0 Å². The molecule has 1 aliphatic heterocycles. The second-order valence-corrected chi connectivity index (χ2v) is 6.46. The van der Waals surface area contributed by atoms with Crippen molar-refractivity contribution in [2.45, 2.75) is 25.8 Å². The highest BCUT2D eigenvalue weighted by Gasteiger charge is 2.46. The predicted octanol–water partition coefficient (Wildman–Crippen LogP) is 3.51. The summed E-state index contributed by atoms with van der Waals surface area (Å²) in [4.78, 5) is 26.3. The van der Waals surface area contributed by atoms with E-state index in [4.69, 9.17) is 0 Å². The van der Waals surface area contributed by atoms with E-state index < -0.39 is 11.6 Å². The molecule has 0 saturated carbocycles.